The Hall–Kier alpha value is -3.74. The van der Waals surface area contributed by atoms with E-state index in [2.05, 4.69) is 15.4 Å². The number of carbonyl (C=O) groups is 3. The van der Waals surface area contributed by atoms with Gasteiger partial charge in [-0.1, -0.05) is 97.0 Å². The van der Waals surface area contributed by atoms with Gasteiger partial charge < -0.3 is 25.4 Å². The van der Waals surface area contributed by atoms with Gasteiger partial charge in [0.05, 0.1) is 24.4 Å². The summed E-state index contributed by atoms with van der Waals surface area (Å²) in [7, 11) is -0.647. The van der Waals surface area contributed by atoms with E-state index in [1.165, 1.54) is 11.8 Å². The predicted molar refractivity (Wildman–Crippen MR) is 189 cm³/mol. The van der Waals surface area contributed by atoms with Crippen LogP contribution in [-0.2, 0) is 35.6 Å². The number of aliphatic hydroxyl groups excluding tert-OH is 1. The normalized spacial score (nSPS) is 14.5. The van der Waals surface area contributed by atoms with Gasteiger partial charge in [0.1, 0.15) is 18.4 Å². The average molecular weight is 687 g/mol. The largest absolute Gasteiger partial charge is 0.491 e. The Morgan fingerprint density at radius 1 is 0.958 bits per heavy atom. The van der Waals surface area contributed by atoms with E-state index in [-0.39, 0.29) is 42.3 Å². The van der Waals surface area contributed by atoms with Crippen molar-refractivity contribution in [2.24, 2.45) is 11.3 Å². The number of hydrogen-bond acceptors (Lipinski definition) is 8. The van der Waals surface area contributed by atoms with Crippen molar-refractivity contribution in [3.8, 4) is 5.75 Å². The van der Waals surface area contributed by atoms with Crippen LogP contribution in [0.25, 0.3) is 0 Å². The number of aliphatic hydroxyl groups is 1. The molecule has 0 unspecified atom stereocenters. The van der Waals surface area contributed by atoms with Crippen molar-refractivity contribution in [3.63, 3.8) is 0 Å². The van der Waals surface area contributed by atoms with E-state index in [1.807, 2.05) is 60.6 Å². The first kappa shape index (κ1) is 40.4. The second-order valence-corrected chi connectivity index (χ2v) is 15.8. The number of amides is 3. The van der Waals surface area contributed by atoms with Crippen LogP contribution in [-0.4, -0.2) is 81.6 Å². The summed E-state index contributed by atoms with van der Waals surface area (Å²) < 4.78 is 33.0. The molecule has 0 aromatic heterocycles. The Labute approximate surface area is 286 Å². The lowest BCUT2D eigenvalue weighted by molar-refractivity contribution is -0.140. The number of sulfonamides is 1. The van der Waals surface area contributed by atoms with Crippen molar-refractivity contribution in [2.75, 3.05) is 27.3 Å². The molecule has 2 rings (SSSR count). The standard InChI is InChI=1S/C36H54N4O7S/c1-24(2)29(22-25(3)32(42)39-48(45,46)23-26-14-12-11-13-15-26)40(10)34(44)31(35(4,5)6)38-33(43)30(37-9)36(7,8)27-16-18-28(19-17-27)47-21-20-41/h11-19,22,24,29-31,37,41H,20-21,23H2,1-10H3,(H,38,43)(H,39,42)/t29-,30-,31-/m1/s1. The summed E-state index contributed by atoms with van der Waals surface area (Å²) in [6.07, 6.45) is 1.59. The van der Waals surface area contributed by atoms with Crippen molar-refractivity contribution in [3.05, 3.63) is 77.4 Å². The molecular formula is C36H54N4O7S. The zero-order valence-corrected chi connectivity index (χ0v) is 30.8. The molecule has 0 fully saturated rings. The lowest BCUT2D eigenvalue weighted by atomic mass is 9.76. The molecule has 0 aliphatic carbocycles. The maximum absolute atomic E-state index is 14.1. The molecular weight excluding hydrogens is 632 g/mol. The van der Waals surface area contributed by atoms with Gasteiger partial charge >= 0.3 is 0 Å². The monoisotopic (exact) mass is 686 g/mol. The fourth-order valence-corrected chi connectivity index (χ4v) is 6.64. The topological polar surface area (TPSA) is 154 Å². The Kier molecular flexibility index (Phi) is 14.4. The van der Waals surface area contributed by atoms with Crippen LogP contribution in [0.1, 0.15) is 66.5 Å². The molecule has 0 saturated heterocycles. The molecule has 0 radical (unpaired) electrons. The number of rotatable bonds is 16. The molecule has 0 heterocycles. The first-order valence-corrected chi connectivity index (χ1v) is 17.8. The van der Waals surface area contributed by atoms with Crippen LogP contribution in [0, 0.1) is 11.3 Å². The van der Waals surface area contributed by atoms with Crippen LogP contribution in [0.3, 0.4) is 0 Å². The van der Waals surface area contributed by atoms with Gasteiger partial charge in [0.2, 0.25) is 21.8 Å². The van der Waals surface area contributed by atoms with Crippen molar-refractivity contribution >= 4 is 27.7 Å². The first-order valence-electron chi connectivity index (χ1n) is 16.1. The fourth-order valence-electron chi connectivity index (χ4n) is 5.49. The molecule has 3 atom stereocenters. The van der Waals surface area contributed by atoms with Gasteiger partial charge in [0.15, 0.2) is 0 Å². The van der Waals surface area contributed by atoms with E-state index in [4.69, 9.17) is 9.84 Å². The van der Waals surface area contributed by atoms with Gasteiger partial charge in [-0.2, -0.15) is 0 Å². The molecule has 0 spiro atoms. The third-order valence-electron chi connectivity index (χ3n) is 8.33. The van der Waals surface area contributed by atoms with Crippen molar-refractivity contribution < 1.29 is 32.6 Å². The summed E-state index contributed by atoms with van der Waals surface area (Å²) in [6.45, 7) is 14.9. The predicted octanol–water partition coefficient (Wildman–Crippen LogP) is 3.53. The first-order chi connectivity index (χ1) is 22.2. The molecule has 2 aromatic carbocycles. The summed E-state index contributed by atoms with van der Waals surface area (Å²) in [6, 6.07) is 13.7. The van der Waals surface area contributed by atoms with E-state index in [9.17, 15) is 22.8 Å². The summed E-state index contributed by atoms with van der Waals surface area (Å²) in [5.41, 5.74) is 0.184. The molecule has 0 saturated carbocycles. The number of carbonyl (C=O) groups excluding carboxylic acids is 3. The minimum absolute atomic E-state index is 0.0965. The van der Waals surface area contributed by atoms with Crippen LogP contribution in [0.2, 0.25) is 0 Å². The lowest BCUT2D eigenvalue weighted by Gasteiger charge is -2.40. The van der Waals surface area contributed by atoms with Crippen LogP contribution in [0.15, 0.2) is 66.2 Å². The van der Waals surface area contributed by atoms with E-state index in [1.54, 1.807) is 62.6 Å². The second-order valence-electron chi connectivity index (χ2n) is 14.1. The smallest absolute Gasteiger partial charge is 0.260 e. The highest BCUT2D eigenvalue weighted by atomic mass is 32.2. The molecule has 12 heteroatoms. The Morgan fingerprint density at radius 3 is 2.04 bits per heavy atom. The van der Waals surface area contributed by atoms with Crippen LogP contribution in [0.4, 0.5) is 0 Å². The summed E-state index contributed by atoms with van der Waals surface area (Å²) >= 11 is 0. The molecule has 2 aromatic rings. The summed E-state index contributed by atoms with van der Waals surface area (Å²) in [4.78, 5) is 42.5. The summed E-state index contributed by atoms with van der Waals surface area (Å²) in [5, 5.41) is 15.2. The van der Waals surface area contributed by atoms with Gasteiger partial charge in [0.25, 0.3) is 5.91 Å². The van der Waals surface area contributed by atoms with Gasteiger partial charge in [0, 0.05) is 18.0 Å². The zero-order chi connectivity index (χ0) is 36.4. The van der Waals surface area contributed by atoms with E-state index >= 15 is 0 Å². The Bertz CT molecular complexity index is 1520. The number of nitrogens with zero attached hydrogens (tertiary/aromatic N) is 1. The number of ether oxygens (including phenoxy) is 1. The van der Waals surface area contributed by atoms with E-state index in [0.29, 0.717) is 11.3 Å². The van der Waals surface area contributed by atoms with Gasteiger partial charge in [-0.05, 0) is 48.6 Å². The van der Waals surface area contributed by atoms with E-state index < -0.39 is 44.9 Å². The molecule has 4 N–H and O–H groups in total. The quantitative estimate of drug-likeness (QED) is 0.196. The highest BCUT2D eigenvalue weighted by Crippen LogP contribution is 2.30. The molecule has 48 heavy (non-hydrogen) atoms. The third-order valence-corrected chi connectivity index (χ3v) is 9.54. The Balaban J connectivity index is 2.29. The maximum Gasteiger partial charge on any atom is 0.260 e. The maximum atomic E-state index is 14.1. The number of nitrogens with one attached hydrogen (secondary N) is 3. The van der Waals surface area contributed by atoms with Crippen molar-refractivity contribution in [2.45, 2.75) is 84.7 Å². The molecule has 11 nitrogen and oxygen atoms in total. The highest BCUT2D eigenvalue weighted by Gasteiger charge is 2.41. The number of benzene rings is 2. The lowest BCUT2D eigenvalue weighted by Crippen LogP contribution is -2.61. The van der Waals surface area contributed by atoms with E-state index in [0.717, 1.165) is 5.56 Å². The molecule has 0 aliphatic heterocycles. The van der Waals surface area contributed by atoms with Crippen molar-refractivity contribution in [1.82, 2.24) is 20.3 Å². The second kappa shape index (κ2) is 17.1. The highest BCUT2D eigenvalue weighted by molar-refractivity contribution is 7.89. The SMILES string of the molecule is CN[C@H](C(=O)N[C@H](C(=O)N(C)[C@H](C=C(C)C(=O)NS(=O)(=O)Cc1ccccc1)C(C)C)C(C)(C)C)C(C)(C)c1ccc(OCCO)cc1. The van der Waals surface area contributed by atoms with Crippen molar-refractivity contribution in [1.29, 1.82) is 0 Å². The van der Waals surface area contributed by atoms with Gasteiger partial charge in [-0.3, -0.25) is 14.4 Å². The fraction of sp³-hybridized carbons (Fsp3) is 0.528. The molecule has 0 bridgehead atoms. The molecule has 3 amide bonds. The van der Waals surface area contributed by atoms with Crippen LogP contribution in [0.5, 0.6) is 5.75 Å². The van der Waals surface area contributed by atoms with Crippen LogP contribution < -0.4 is 20.1 Å². The molecule has 0 aliphatic rings. The summed E-state index contributed by atoms with van der Waals surface area (Å²) in [5.74, 6) is -1.38. The molecule has 266 valence electrons. The third kappa shape index (κ3) is 11.2. The number of hydrogen-bond donors (Lipinski definition) is 4. The minimum Gasteiger partial charge on any atom is -0.491 e. The van der Waals surface area contributed by atoms with Gasteiger partial charge in [-0.25, -0.2) is 13.1 Å². The van der Waals surface area contributed by atoms with Gasteiger partial charge in [-0.15, -0.1) is 0 Å². The number of likely N-dealkylation sites (N-methyl/N-ethyl adjacent to an activating group) is 2. The van der Waals surface area contributed by atoms with Crippen LogP contribution >= 0.6 is 0 Å². The minimum atomic E-state index is -3.96. The Morgan fingerprint density at radius 2 is 1.54 bits per heavy atom. The zero-order valence-electron chi connectivity index (χ0n) is 30.0. The average Bonchev–Trinajstić information content (AvgIpc) is 3.00.